The van der Waals surface area contributed by atoms with Crippen molar-refractivity contribution in [3.8, 4) is 11.4 Å². The smallest absolute Gasteiger partial charge is 0.320 e. The summed E-state index contributed by atoms with van der Waals surface area (Å²) in [5, 5.41) is 0. The van der Waals surface area contributed by atoms with Gasteiger partial charge in [0.25, 0.3) is 0 Å². The van der Waals surface area contributed by atoms with Crippen LogP contribution in [0.25, 0.3) is 22.4 Å². The van der Waals surface area contributed by atoms with Crippen LogP contribution in [0.1, 0.15) is 36.8 Å². The van der Waals surface area contributed by atoms with Crippen LogP contribution in [0.15, 0.2) is 54.7 Å². The number of likely N-dealkylation sites (tertiary alicyclic amines) is 1. The van der Waals surface area contributed by atoms with Crippen LogP contribution >= 0.6 is 0 Å². The van der Waals surface area contributed by atoms with Gasteiger partial charge in [0.05, 0.1) is 29.5 Å². The number of aromatic nitrogens is 4. The minimum Gasteiger partial charge on any atom is -0.325 e. The number of carbonyl (C=O) groups is 1. The highest BCUT2D eigenvalue weighted by molar-refractivity contribution is 5.76. The molecule has 2 aliphatic heterocycles. The molecule has 7 nitrogen and oxygen atoms in total. The topological polar surface area (TPSA) is 59.2 Å². The Labute approximate surface area is 205 Å². The lowest BCUT2D eigenvalue weighted by Crippen LogP contribution is -2.48. The molecule has 4 aromatic rings. The zero-order valence-electron chi connectivity index (χ0n) is 19.5. The van der Waals surface area contributed by atoms with Gasteiger partial charge >= 0.3 is 12.6 Å². The van der Waals surface area contributed by atoms with Crippen molar-refractivity contribution in [2.45, 2.75) is 38.4 Å². The molecule has 0 atom stereocenters. The predicted octanol–water partition coefficient (Wildman–Crippen LogP) is 5.25. The van der Waals surface area contributed by atoms with Gasteiger partial charge in [0.2, 0.25) is 0 Å². The van der Waals surface area contributed by atoms with Gasteiger partial charge in [-0.3, -0.25) is 4.57 Å². The first-order chi connectivity index (χ1) is 17.5. The van der Waals surface area contributed by atoms with Crippen LogP contribution in [0.5, 0.6) is 0 Å². The fourth-order valence-corrected chi connectivity index (χ4v) is 5.39. The van der Waals surface area contributed by atoms with Crippen molar-refractivity contribution in [1.29, 1.82) is 0 Å². The van der Waals surface area contributed by atoms with Crippen molar-refractivity contribution < 1.29 is 18.0 Å². The quantitative estimate of drug-likeness (QED) is 0.391. The van der Waals surface area contributed by atoms with Crippen molar-refractivity contribution in [3.63, 3.8) is 0 Å². The number of carbonyl (C=O) groups excluding carboxylic acids is 1. The molecule has 6 rings (SSSR count). The van der Waals surface area contributed by atoms with E-state index in [4.69, 9.17) is 0 Å². The molecule has 2 aromatic heterocycles. The van der Waals surface area contributed by atoms with E-state index in [0.717, 1.165) is 10.3 Å². The van der Waals surface area contributed by atoms with Gasteiger partial charge in [-0.15, -0.1) is 0 Å². The third-order valence-electron chi connectivity index (χ3n) is 7.19. The number of hydrogen-bond donors (Lipinski definition) is 0. The van der Waals surface area contributed by atoms with E-state index in [2.05, 4.69) is 9.97 Å². The molecular weight excluding hydrogens is 469 g/mol. The molecule has 1 fully saturated rings. The van der Waals surface area contributed by atoms with Gasteiger partial charge < -0.3 is 14.4 Å². The lowest BCUT2D eigenvalue weighted by Gasteiger charge is -2.37. The number of piperidine rings is 1. The second-order valence-corrected chi connectivity index (χ2v) is 9.31. The maximum Gasteiger partial charge on any atom is 0.320 e. The number of amides is 2. The molecule has 2 amide bonds. The van der Waals surface area contributed by atoms with Crippen molar-refractivity contribution >= 4 is 17.1 Å². The first-order valence-electron chi connectivity index (χ1n) is 12.1. The van der Waals surface area contributed by atoms with Crippen LogP contribution in [0.4, 0.5) is 18.0 Å². The standard InChI is InChI=1S/C26H25F3N6O/c27-19-5-3-4-18(14-19)23-30-15-20-16-33(12-13-34(20)23)26(36)32-10-8-17(9-11-32)24-31-21-6-1-2-7-22(21)35(24)25(28)29/h1-7,14-15,17,25H,8-13,16H2. The molecular formula is C26H25F3N6O. The zero-order chi connectivity index (χ0) is 24.8. The summed E-state index contributed by atoms with van der Waals surface area (Å²) in [6.45, 7) is -0.182. The van der Waals surface area contributed by atoms with E-state index in [1.165, 1.54) is 12.1 Å². The highest BCUT2D eigenvalue weighted by Gasteiger charge is 2.32. The Morgan fingerprint density at radius 2 is 1.78 bits per heavy atom. The molecule has 0 saturated carbocycles. The number of alkyl halides is 2. The fourth-order valence-electron chi connectivity index (χ4n) is 5.39. The summed E-state index contributed by atoms with van der Waals surface area (Å²) in [6.07, 6.45) is 2.90. The van der Waals surface area contributed by atoms with Crippen LogP contribution in [-0.4, -0.2) is 54.6 Å². The normalized spacial score (nSPS) is 16.7. The summed E-state index contributed by atoms with van der Waals surface area (Å²) in [5.74, 6) is 0.640. The predicted molar refractivity (Wildman–Crippen MR) is 128 cm³/mol. The molecule has 4 heterocycles. The van der Waals surface area contributed by atoms with Crippen molar-refractivity contribution in [3.05, 3.63) is 72.1 Å². The molecule has 1 saturated heterocycles. The first-order valence-corrected chi connectivity index (χ1v) is 12.1. The number of hydrogen-bond acceptors (Lipinski definition) is 3. The maximum atomic E-state index is 13.9. The Morgan fingerprint density at radius 3 is 2.56 bits per heavy atom. The SMILES string of the molecule is O=C(N1CCC(c2nc3ccccc3n2C(F)F)CC1)N1CCn2c(cnc2-c2cccc(F)c2)C1. The number of fused-ring (bicyclic) bond motifs is 2. The third kappa shape index (κ3) is 3.90. The van der Waals surface area contributed by atoms with Crippen LogP contribution in [-0.2, 0) is 13.1 Å². The molecule has 2 aliphatic rings. The number of urea groups is 1. The van der Waals surface area contributed by atoms with Crippen molar-refractivity contribution in [2.24, 2.45) is 0 Å². The Hall–Kier alpha value is -3.82. The number of benzene rings is 2. The van der Waals surface area contributed by atoms with Crippen LogP contribution in [0.2, 0.25) is 0 Å². The van der Waals surface area contributed by atoms with E-state index in [0.29, 0.717) is 73.8 Å². The molecule has 2 aromatic carbocycles. The van der Waals surface area contributed by atoms with Gasteiger partial charge in [-0.2, -0.15) is 8.78 Å². The molecule has 0 spiro atoms. The monoisotopic (exact) mass is 494 g/mol. The average molecular weight is 495 g/mol. The largest absolute Gasteiger partial charge is 0.325 e. The van der Waals surface area contributed by atoms with E-state index >= 15 is 0 Å². The molecule has 0 N–H and O–H groups in total. The molecule has 0 radical (unpaired) electrons. The summed E-state index contributed by atoms with van der Waals surface area (Å²) in [6, 6.07) is 13.2. The summed E-state index contributed by atoms with van der Waals surface area (Å²) in [7, 11) is 0. The molecule has 0 bridgehead atoms. The zero-order valence-corrected chi connectivity index (χ0v) is 19.5. The second-order valence-electron chi connectivity index (χ2n) is 9.31. The summed E-state index contributed by atoms with van der Waals surface area (Å²) in [4.78, 5) is 25.8. The molecule has 36 heavy (non-hydrogen) atoms. The lowest BCUT2D eigenvalue weighted by atomic mass is 9.96. The van der Waals surface area contributed by atoms with Gasteiger partial charge in [0.1, 0.15) is 17.5 Å². The van der Waals surface area contributed by atoms with E-state index in [-0.39, 0.29) is 17.8 Å². The van der Waals surface area contributed by atoms with Crippen molar-refractivity contribution in [2.75, 3.05) is 19.6 Å². The second kappa shape index (κ2) is 9.00. The highest BCUT2D eigenvalue weighted by Crippen LogP contribution is 2.34. The van der Waals surface area contributed by atoms with E-state index in [1.54, 1.807) is 46.3 Å². The van der Waals surface area contributed by atoms with Gasteiger partial charge in [0, 0.05) is 37.7 Å². The summed E-state index contributed by atoms with van der Waals surface area (Å²) in [5.41, 5.74) is 2.60. The van der Waals surface area contributed by atoms with Crippen LogP contribution in [0, 0.1) is 5.82 Å². The van der Waals surface area contributed by atoms with Crippen LogP contribution < -0.4 is 0 Å². The lowest BCUT2D eigenvalue weighted by molar-refractivity contribution is 0.0680. The summed E-state index contributed by atoms with van der Waals surface area (Å²) < 4.78 is 44.5. The Kier molecular flexibility index (Phi) is 5.66. The molecule has 0 unspecified atom stereocenters. The number of nitrogens with zero attached hydrogens (tertiary/aromatic N) is 6. The van der Waals surface area contributed by atoms with E-state index in [1.807, 2.05) is 10.6 Å². The number of rotatable bonds is 3. The Balaban J connectivity index is 1.14. The minimum atomic E-state index is -2.66. The van der Waals surface area contributed by atoms with Gasteiger partial charge in [-0.1, -0.05) is 24.3 Å². The summed E-state index contributed by atoms with van der Waals surface area (Å²) >= 11 is 0. The van der Waals surface area contributed by atoms with Gasteiger partial charge in [-0.25, -0.2) is 19.2 Å². The molecule has 10 heteroatoms. The van der Waals surface area contributed by atoms with E-state index in [9.17, 15) is 18.0 Å². The molecule has 0 aliphatic carbocycles. The average Bonchev–Trinajstić information content (AvgIpc) is 3.50. The first kappa shape index (κ1) is 22.6. The third-order valence-corrected chi connectivity index (χ3v) is 7.19. The highest BCUT2D eigenvalue weighted by atomic mass is 19.3. The van der Waals surface area contributed by atoms with Crippen molar-refractivity contribution in [1.82, 2.24) is 28.9 Å². The van der Waals surface area contributed by atoms with Crippen LogP contribution in [0.3, 0.4) is 0 Å². The Morgan fingerprint density at radius 1 is 0.972 bits per heavy atom. The van der Waals surface area contributed by atoms with Gasteiger partial charge in [0.15, 0.2) is 0 Å². The number of imidazole rings is 2. The maximum absolute atomic E-state index is 13.9. The van der Waals surface area contributed by atoms with E-state index < -0.39 is 6.55 Å². The molecule has 186 valence electrons. The number of para-hydroxylation sites is 2. The number of halogens is 3. The van der Waals surface area contributed by atoms with Gasteiger partial charge in [-0.05, 0) is 37.1 Å². The fraction of sp³-hybridized carbons (Fsp3) is 0.346. The minimum absolute atomic E-state index is 0.0597. The Bertz CT molecular complexity index is 1420.